The summed E-state index contributed by atoms with van der Waals surface area (Å²) in [7, 11) is 1.80. The van der Waals surface area contributed by atoms with Gasteiger partial charge in [-0.05, 0) is 38.6 Å². The van der Waals surface area contributed by atoms with Crippen molar-refractivity contribution >= 4 is 0 Å². The molecule has 1 atom stereocenters. The van der Waals surface area contributed by atoms with Gasteiger partial charge in [0.15, 0.2) is 0 Å². The summed E-state index contributed by atoms with van der Waals surface area (Å²) in [6.45, 7) is 1.89. The van der Waals surface area contributed by atoms with Gasteiger partial charge in [0.2, 0.25) is 0 Å². The van der Waals surface area contributed by atoms with Crippen LogP contribution in [0.2, 0.25) is 0 Å². The van der Waals surface area contributed by atoms with Crippen LogP contribution in [0.25, 0.3) is 0 Å². The smallest absolute Gasteiger partial charge is 0.330 e. The van der Waals surface area contributed by atoms with Gasteiger partial charge in [-0.3, -0.25) is 0 Å². The number of nitrogens with zero attached hydrogens (tertiary/aromatic N) is 1. The third-order valence-electron chi connectivity index (χ3n) is 4.27. The summed E-state index contributed by atoms with van der Waals surface area (Å²) in [5.41, 5.74) is 5.23. The van der Waals surface area contributed by atoms with Crippen LogP contribution < -0.4 is 5.73 Å². The molecule has 1 saturated carbocycles. The van der Waals surface area contributed by atoms with Gasteiger partial charge in [-0.25, -0.2) is 0 Å². The van der Waals surface area contributed by atoms with Gasteiger partial charge < -0.3 is 10.6 Å². The molecule has 1 aliphatic carbocycles. The summed E-state index contributed by atoms with van der Waals surface area (Å²) < 4.78 is 38.0. The number of alkyl halides is 3. The van der Waals surface area contributed by atoms with Crippen molar-refractivity contribution in [3.05, 3.63) is 0 Å². The number of nitrogens with two attached hydrogens (primary N) is 1. The van der Waals surface area contributed by atoms with Crippen LogP contribution in [-0.4, -0.2) is 37.3 Å². The molecule has 0 aliphatic heterocycles. The lowest BCUT2D eigenvalue weighted by atomic mass is 9.84. The number of hydrogen-bond donors (Lipinski definition) is 1. The second-order valence-electron chi connectivity index (χ2n) is 5.50. The maximum atomic E-state index is 12.7. The first-order valence-electron chi connectivity index (χ1n) is 6.85. The summed E-state index contributed by atoms with van der Waals surface area (Å²) in [6, 6.07) is 0.296. The van der Waals surface area contributed by atoms with Gasteiger partial charge in [-0.2, -0.15) is 13.2 Å². The predicted octanol–water partition coefficient (Wildman–Crippen LogP) is 3.02. The molecule has 1 unspecified atom stereocenters. The Bertz CT molecular complexity index is 235. The van der Waals surface area contributed by atoms with Crippen molar-refractivity contribution in [2.75, 3.05) is 20.1 Å². The Morgan fingerprint density at radius 2 is 1.78 bits per heavy atom. The molecule has 0 aromatic rings. The van der Waals surface area contributed by atoms with Crippen molar-refractivity contribution < 1.29 is 13.2 Å². The second-order valence-corrected chi connectivity index (χ2v) is 5.50. The molecule has 108 valence electrons. The minimum Gasteiger partial charge on any atom is -0.330 e. The number of halogens is 3. The maximum absolute atomic E-state index is 12.7. The molecule has 0 bridgehead atoms. The van der Waals surface area contributed by atoms with Gasteiger partial charge in [0.25, 0.3) is 0 Å². The monoisotopic (exact) mass is 266 g/mol. The second kappa shape index (κ2) is 6.75. The topological polar surface area (TPSA) is 29.3 Å². The Balaban J connectivity index is 2.43. The fourth-order valence-corrected chi connectivity index (χ4v) is 2.80. The summed E-state index contributed by atoms with van der Waals surface area (Å²) >= 11 is 0. The Morgan fingerprint density at radius 3 is 2.17 bits per heavy atom. The van der Waals surface area contributed by atoms with E-state index in [4.69, 9.17) is 5.73 Å². The molecule has 1 rings (SSSR count). The summed E-state index contributed by atoms with van der Waals surface area (Å²) in [5, 5.41) is 0. The molecule has 0 aromatic carbocycles. The Morgan fingerprint density at radius 1 is 1.22 bits per heavy atom. The lowest BCUT2D eigenvalue weighted by molar-refractivity contribution is -0.177. The molecular formula is C13H25F3N2. The fourth-order valence-electron chi connectivity index (χ4n) is 2.80. The van der Waals surface area contributed by atoms with Crippen molar-refractivity contribution in [3.8, 4) is 0 Å². The zero-order chi connectivity index (χ0) is 13.8. The Kier molecular flexibility index (Phi) is 5.92. The van der Waals surface area contributed by atoms with Gasteiger partial charge in [-0.15, -0.1) is 0 Å². The minimum atomic E-state index is -4.18. The van der Waals surface area contributed by atoms with Gasteiger partial charge >= 0.3 is 6.18 Å². The van der Waals surface area contributed by atoms with Crippen molar-refractivity contribution in [2.45, 2.75) is 51.2 Å². The van der Waals surface area contributed by atoms with Crippen molar-refractivity contribution in [1.82, 2.24) is 4.90 Å². The molecule has 0 radical (unpaired) electrons. The standard InChI is InChI=1S/C13H25F3N2/c1-3-10-4-6-12(7-5-10)18(2)9-11(8-17)13(14,15)16/h10-12H,3-9,17H2,1-2H3. The highest BCUT2D eigenvalue weighted by molar-refractivity contribution is 4.81. The Hall–Kier alpha value is -0.290. The first-order chi connectivity index (χ1) is 8.38. The van der Waals surface area contributed by atoms with E-state index in [-0.39, 0.29) is 13.1 Å². The first-order valence-corrected chi connectivity index (χ1v) is 6.85. The molecule has 0 amide bonds. The summed E-state index contributed by atoms with van der Waals surface area (Å²) in [4.78, 5) is 1.86. The zero-order valence-corrected chi connectivity index (χ0v) is 11.3. The van der Waals surface area contributed by atoms with E-state index in [1.165, 1.54) is 6.42 Å². The van der Waals surface area contributed by atoms with Crippen LogP contribution >= 0.6 is 0 Å². The summed E-state index contributed by atoms with van der Waals surface area (Å²) in [5.74, 6) is -0.631. The average Bonchev–Trinajstić information content (AvgIpc) is 2.34. The normalized spacial score (nSPS) is 27.5. The molecule has 5 heteroatoms. The molecule has 1 fully saturated rings. The lowest BCUT2D eigenvalue weighted by Gasteiger charge is -2.36. The van der Waals surface area contributed by atoms with Gasteiger partial charge in [0.05, 0.1) is 5.92 Å². The lowest BCUT2D eigenvalue weighted by Crippen LogP contribution is -2.44. The van der Waals surface area contributed by atoms with Crippen molar-refractivity contribution in [2.24, 2.45) is 17.6 Å². The van der Waals surface area contributed by atoms with Gasteiger partial charge in [0, 0.05) is 19.1 Å². The van der Waals surface area contributed by atoms with Crippen LogP contribution in [0.1, 0.15) is 39.0 Å². The van der Waals surface area contributed by atoms with E-state index in [2.05, 4.69) is 6.92 Å². The number of hydrogen-bond acceptors (Lipinski definition) is 2. The van der Waals surface area contributed by atoms with Crippen molar-refractivity contribution in [3.63, 3.8) is 0 Å². The highest BCUT2D eigenvalue weighted by Gasteiger charge is 2.40. The predicted molar refractivity (Wildman–Crippen MR) is 67.3 cm³/mol. The Labute approximate surface area is 108 Å². The molecule has 1 aliphatic rings. The van der Waals surface area contributed by atoms with E-state index < -0.39 is 12.1 Å². The maximum Gasteiger partial charge on any atom is 0.394 e. The largest absolute Gasteiger partial charge is 0.394 e. The van der Waals surface area contributed by atoms with Gasteiger partial charge in [-0.1, -0.05) is 13.3 Å². The van der Waals surface area contributed by atoms with Crippen LogP contribution in [0, 0.1) is 11.8 Å². The molecule has 0 aromatic heterocycles. The molecular weight excluding hydrogens is 241 g/mol. The van der Waals surface area contributed by atoms with Crippen LogP contribution in [-0.2, 0) is 0 Å². The molecule has 18 heavy (non-hydrogen) atoms. The van der Waals surface area contributed by atoms with Crippen molar-refractivity contribution in [1.29, 1.82) is 0 Å². The van der Waals surface area contributed by atoms with E-state index in [9.17, 15) is 13.2 Å². The van der Waals surface area contributed by atoms with E-state index in [0.717, 1.165) is 31.6 Å². The molecule has 2 N–H and O–H groups in total. The highest BCUT2D eigenvalue weighted by Crippen LogP contribution is 2.31. The van der Waals surface area contributed by atoms with E-state index in [1.807, 2.05) is 4.90 Å². The van der Waals surface area contributed by atoms with Crippen LogP contribution in [0.5, 0.6) is 0 Å². The molecule has 0 saturated heterocycles. The zero-order valence-electron chi connectivity index (χ0n) is 11.3. The molecule has 0 spiro atoms. The third-order valence-corrected chi connectivity index (χ3v) is 4.27. The first kappa shape index (κ1) is 15.8. The SMILES string of the molecule is CCC1CCC(N(C)CC(CN)C(F)(F)F)CC1. The molecule has 0 heterocycles. The fraction of sp³-hybridized carbons (Fsp3) is 1.00. The minimum absolute atomic E-state index is 0.0292. The molecule has 2 nitrogen and oxygen atoms in total. The van der Waals surface area contributed by atoms with E-state index in [0.29, 0.717) is 6.04 Å². The van der Waals surface area contributed by atoms with Crippen LogP contribution in [0.3, 0.4) is 0 Å². The highest BCUT2D eigenvalue weighted by atomic mass is 19.4. The summed E-state index contributed by atoms with van der Waals surface area (Å²) in [6.07, 6.45) is 1.33. The van der Waals surface area contributed by atoms with Crippen LogP contribution in [0.15, 0.2) is 0 Å². The average molecular weight is 266 g/mol. The third kappa shape index (κ3) is 4.43. The number of rotatable bonds is 5. The van der Waals surface area contributed by atoms with Crippen LogP contribution in [0.4, 0.5) is 13.2 Å². The quantitative estimate of drug-likeness (QED) is 0.828. The van der Waals surface area contributed by atoms with E-state index in [1.54, 1.807) is 7.05 Å². The van der Waals surface area contributed by atoms with Gasteiger partial charge in [0.1, 0.15) is 0 Å². The van der Waals surface area contributed by atoms with E-state index >= 15 is 0 Å².